The van der Waals surface area contributed by atoms with E-state index in [1.54, 1.807) is 18.3 Å². The van der Waals surface area contributed by atoms with Crippen LogP contribution in [0.1, 0.15) is 18.4 Å². The third kappa shape index (κ3) is 3.13. The van der Waals surface area contributed by atoms with Crippen LogP contribution in [0.3, 0.4) is 0 Å². The Hall–Kier alpha value is -1.69. The molecule has 5 nitrogen and oxygen atoms in total. The van der Waals surface area contributed by atoms with Crippen molar-refractivity contribution in [3.63, 3.8) is 0 Å². The van der Waals surface area contributed by atoms with E-state index < -0.39 is 0 Å². The molecule has 0 aromatic carbocycles. The van der Waals surface area contributed by atoms with E-state index in [4.69, 9.17) is 18.0 Å². The molecule has 1 fully saturated rings. The van der Waals surface area contributed by atoms with Gasteiger partial charge in [-0.25, -0.2) is 4.98 Å². The van der Waals surface area contributed by atoms with Gasteiger partial charge in [-0.1, -0.05) is 12.2 Å². The Bertz CT molecular complexity index is 449. The minimum absolute atomic E-state index is 0.113. The highest BCUT2D eigenvalue weighted by molar-refractivity contribution is 7.80. The molecule has 1 unspecified atom stereocenters. The predicted molar refractivity (Wildman–Crippen MR) is 69.8 cm³/mol. The summed E-state index contributed by atoms with van der Waals surface area (Å²) in [5, 5.41) is 6.04. The summed E-state index contributed by atoms with van der Waals surface area (Å²) >= 11 is 4.89. The number of nitrogens with two attached hydrogens (primary N) is 1. The molecule has 2 rings (SSSR count). The number of pyridine rings is 1. The molecule has 1 aromatic heterocycles. The molecule has 6 heteroatoms. The van der Waals surface area contributed by atoms with Gasteiger partial charge in [0.2, 0.25) is 5.91 Å². The summed E-state index contributed by atoms with van der Waals surface area (Å²) < 4.78 is 0. The molecular weight excluding hydrogens is 236 g/mol. The summed E-state index contributed by atoms with van der Waals surface area (Å²) in [6, 6.07) is 3.75. The molecule has 0 spiro atoms. The van der Waals surface area contributed by atoms with E-state index in [0.717, 1.165) is 17.8 Å². The standard InChI is InChI=1S/C11H14N4OS/c12-11(17)7-3-4-13-9(5-7)14-6-8-1-2-10(16)15-8/h3-5,8H,1-2,6H2,(H2,12,17)(H,13,14)(H,15,16). The van der Waals surface area contributed by atoms with Gasteiger partial charge in [-0.15, -0.1) is 0 Å². The summed E-state index contributed by atoms with van der Waals surface area (Å²) in [4.78, 5) is 15.5. The fourth-order valence-electron chi connectivity index (χ4n) is 1.74. The summed E-state index contributed by atoms with van der Waals surface area (Å²) in [5.41, 5.74) is 6.32. The van der Waals surface area contributed by atoms with Gasteiger partial charge in [0.1, 0.15) is 10.8 Å². The van der Waals surface area contributed by atoms with Gasteiger partial charge >= 0.3 is 0 Å². The molecule has 1 aromatic rings. The van der Waals surface area contributed by atoms with Crippen LogP contribution in [0.2, 0.25) is 0 Å². The van der Waals surface area contributed by atoms with Crippen molar-refractivity contribution < 1.29 is 4.79 Å². The Morgan fingerprint density at radius 3 is 3.18 bits per heavy atom. The van der Waals surface area contributed by atoms with Gasteiger partial charge in [0.05, 0.1) is 0 Å². The van der Waals surface area contributed by atoms with Crippen molar-refractivity contribution in [3.05, 3.63) is 23.9 Å². The summed E-state index contributed by atoms with van der Waals surface area (Å²) in [6.07, 6.45) is 3.12. The Balaban J connectivity index is 1.92. The highest BCUT2D eigenvalue weighted by Gasteiger charge is 2.20. The molecule has 4 N–H and O–H groups in total. The number of anilines is 1. The quantitative estimate of drug-likeness (QED) is 0.674. The Labute approximate surface area is 105 Å². The lowest BCUT2D eigenvalue weighted by Crippen LogP contribution is -2.32. The van der Waals surface area contributed by atoms with E-state index in [1.807, 2.05) is 0 Å². The molecule has 1 aliphatic heterocycles. The van der Waals surface area contributed by atoms with Gasteiger partial charge in [-0.05, 0) is 18.6 Å². The molecule has 1 aliphatic rings. The number of amides is 1. The largest absolute Gasteiger partial charge is 0.389 e. The molecule has 90 valence electrons. The molecule has 1 atom stereocenters. The van der Waals surface area contributed by atoms with E-state index in [1.165, 1.54) is 0 Å². The van der Waals surface area contributed by atoms with Crippen LogP contribution in [0.25, 0.3) is 0 Å². The van der Waals surface area contributed by atoms with Crippen molar-refractivity contribution in [3.8, 4) is 0 Å². The third-order valence-corrected chi connectivity index (χ3v) is 2.89. The van der Waals surface area contributed by atoms with Crippen LogP contribution < -0.4 is 16.4 Å². The van der Waals surface area contributed by atoms with E-state index in [2.05, 4.69) is 15.6 Å². The molecule has 17 heavy (non-hydrogen) atoms. The van der Waals surface area contributed by atoms with Gasteiger partial charge in [0.25, 0.3) is 0 Å². The summed E-state index contributed by atoms with van der Waals surface area (Å²) in [6.45, 7) is 0.666. The lowest BCUT2D eigenvalue weighted by Gasteiger charge is -2.12. The summed E-state index contributed by atoms with van der Waals surface area (Å²) in [7, 11) is 0. The zero-order valence-electron chi connectivity index (χ0n) is 9.27. The Kier molecular flexibility index (Phi) is 3.53. The molecule has 1 amide bonds. The van der Waals surface area contributed by atoms with Crippen molar-refractivity contribution in [2.24, 2.45) is 5.73 Å². The zero-order chi connectivity index (χ0) is 12.3. The number of hydrogen-bond acceptors (Lipinski definition) is 4. The van der Waals surface area contributed by atoms with Gasteiger partial charge in [0, 0.05) is 30.8 Å². The highest BCUT2D eigenvalue weighted by Crippen LogP contribution is 2.10. The van der Waals surface area contributed by atoms with E-state index in [9.17, 15) is 4.79 Å². The third-order valence-electron chi connectivity index (χ3n) is 2.66. The maximum atomic E-state index is 11.0. The zero-order valence-corrected chi connectivity index (χ0v) is 10.1. The van der Waals surface area contributed by atoms with Crippen LogP contribution >= 0.6 is 12.2 Å². The number of rotatable bonds is 4. The number of nitrogens with zero attached hydrogens (tertiary/aromatic N) is 1. The lowest BCUT2D eigenvalue weighted by atomic mass is 10.2. The van der Waals surface area contributed by atoms with Crippen molar-refractivity contribution in [1.82, 2.24) is 10.3 Å². The van der Waals surface area contributed by atoms with Gasteiger partial charge in [-0.2, -0.15) is 0 Å². The topological polar surface area (TPSA) is 80.0 Å². The Morgan fingerprint density at radius 1 is 1.71 bits per heavy atom. The average molecular weight is 250 g/mol. The fourth-order valence-corrected chi connectivity index (χ4v) is 1.87. The summed E-state index contributed by atoms with van der Waals surface area (Å²) in [5.74, 6) is 0.832. The fraction of sp³-hybridized carbons (Fsp3) is 0.364. The number of carbonyl (C=O) groups is 1. The maximum absolute atomic E-state index is 11.0. The van der Waals surface area contributed by atoms with Crippen LogP contribution in [0, 0.1) is 0 Å². The predicted octanol–water partition coefficient (Wildman–Crippen LogP) is 0.406. The van der Waals surface area contributed by atoms with Gasteiger partial charge in [0.15, 0.2) is 0 Å². The molecule has 0 radical (unpaired) electrons. The highest BCUT2D eigenvalue weighted by atomic mass is 32.1. The van der Waals surface area contributed by atoms with Gasteiger partial charge in [-0.3, -0.25) is 4.79 Å². The Morgan fingerprint density at radius 2 is 2.53 bits per heavy atom. The number of hydrogen-bond donors (Lipinski definition) is 3. The van der Waals surface area contributed by atoms with Crippen molar-refractivity contribution in [2.45, 2.75) is 18.9 Å². The first kappa shape index (κ1) is 11.8. The first-order chi connectivity index (χ1) is 8.15. The number of carbonyl (C=O) groups excluding carboxylic acids is 1. The minimum atomic E-state index is 0.113. The monoisotopic (exact) mass is 250 g/mol. The molecular formula is C11H14N4OS. The van der Waals surface area contributed by atoms with Crippen LogP contribution in [-0.4, -0.2) is 28.5 Å². The minimum Gasteiger partial charge on any atom is -0.389 e. The molecule has 0 aliphatic carbocycles. The molecule has 0 saturated carbocycles. The normalized spacial score (nSPS) is 18.8. The van der Waals surface area contributed by atoms with Crippen molar-refractivity contribution in [2.75, 3.05) is 11.9 Å². The molecule has 1 saturated heterocycles. The SMILES string of the molecule is NC(=S)c1ccnc(NCC2CCC(=O)N2)c1. The van der Waals surface area contributed by atoms with Crippen molar-refractivity contribution >= 4 is 28.9 Å². The number of nitrogens with one attached hydrogen (secondary N) is 2. The second-order valence-electron chi connectivity index (χ2n) is 3.98. The molecule has 0 bridgehead atoms. The lowest BCUT2D eigenvalue weighted by molar-refractivity contribution is -0.119. The molecule has 2 heterocycles. The smallest absolute Gasteiger partial charge is 0.220 e. The van der Waals surface area contributed by atoms with Crippen LogP contribution in [0.4, 0.5) is 5.82 Å². The van der Waals surface area contributed by atoms with Crippen LogP contribution in [0.15, 0.2) is 18.3 Å². The van der Waals surface area contributed by atoms with E-state index in [0.29, 0.717) is 18.0 Å². The second kappa shape index (κ2) is 5.09. The first-order valence-electron chi connectivity index (χ1n) is 5.44. The number of thiocarbonyl (C=S) groups is 1. The first-order valence-corrected chi connectivity index (χ1v) is 5.85. The number of aromatic nitrogens is 1. The van der Waals surface area contributed by atoms with E-state index in [-0.39, 0.29) is 11.9 Å². The maximum Gasteiger partial charge on any atom is 0.220 e. The average Bonchev–Trinajstić information content (AvgIpc) is 2.73. The van der Waals surface area contributed by atoms with Gasteiger partial charge < -0.3 is 16.4 Å². The second-order valence-corrected chi connectivity index (χ2v) is 4.42. The van der Waals surface area contributed by atoms with Crippen LogP contribution in [0.5, 0.6) is 0 Å². The van der Waals surface area contributed by atoms with E-state index >= 15 is 0 Å². The van der Waals surface area contributed by atoms with Crippen molar-refractivity contribution in [1.29, 1.82) is 0 Å². The van der Waals surface area contributed by atoms with Crippen LogP contribution in [-0.2, 0) is 4.79 Å².